The summed E-state index contributed by atoms with van der Waals surface area (Å²) in [6.07, 6.45) is 4.12. The van der Waals surface area contributed by atoms with E-state index in [1.807, 2.05) is 11.8 Å². The van der Waals surface area contributed by atoms with E-state index in [-0.39, 0.29) is 4.75 Å². The van der Waals surface area contributed by atoms with Gasteiger partial charge in [0.2, 0.25) is 0 Å². The first-order chi connectivity index (χ1) is 8.14. The van der Waals surface area contributed by atoms with Crippen LogP contribution in [0.15, 0.2) is 0 Å². The average molecular weight is 296 g/mol. The molecule has 0 aromatic rings. The number of rotatable bonds is 9. The fraction of sp³-hybridized carbons (Fsp3) is 1.00. The Labute approximate surface area is 117 Å². The van der Waals surface area contributed by atoms with Gasteiger partial charge in [-0.1, -0.05) is 27.7 Å². The highest BCUT2D eigenvalue weighted by Gasteiger charge is 2.15. The van der Waals surface area contributed by atoms with E-state index in [1.54, 1.807) is 0 Å². The van der Waals surface area contributed by atoms with Crippen molar-refractivity contribution < 1.29 is 8.42 Å². The normalized spacial score (nSPS) is 14.7. The smallest absolute Gasteiger partial charge is 0.147 e. The van der Waals surface area contributed by atoms with Gasteiger partial charge < -0.3 is 5.32 Å². The van der Waals surface area contributed by atoms with Crippen LogP contribution in [0.2, 0.25) is 0 Å². The number of nitrogens with one attached hydrogen (secondary N) is 1. The molecule has 0 aromatic carbocycles. The molecule has 0 amide bonds. The highest BCUT2D eigenvalue weighted by molar-refractivity contribution is 8.00. The molecule has 0 radical (unpaired) electrons. The number of hydrogen-bond acceptors (Lipinski definition) is 4. The van der Waals surface area contributed by atoms with Crippen LogP contribution in [0, 0.1) is 0 Å². The highest BCUT2D eigenvalue weighted by Crippen LogP contribution is 2.24. The zero-order chi connectivity index (χ0) is 14.2. The monoisotopic (exact) mass is 295 g/mol. The molecule has 0 bridgehead atoms. The third kappa shape index (κ3) is 12.7. The summed E-state index contributed by atoms with van der Waals surface area (Å²) in [5.74, 6) is 1.35. The van der Waals surface area contributed by atoms with Gasteiger partial charge in [-0.15, -0.1) is 0 Å². The van der Waals surface area contributed by atoms with Crippen LogP contribution in [0.3, 0.4) is 0 Å². The molecule has 3 nitrogen and oxygen atoms in total. The van der Waals surface area contributed by atoms with Crippen LogP contribution in [0.5, 0.6) is 0 Å². The van der Waals surface area contributed by atoms with Crippen LogP contribution in [-0.4, -0.2) is 43.5 Å². The molecule has 0 saturated carbocycles. The van der Waals surface area contributed by atoms with Gasteiger partial charge in [-0.05, 0) is 25.8 Å². The van der Waals surface area contributed by atoms with Gasteiger partial charge in [0.15, 0.2) is 0 Å². The van der Waals surface area contributed by atoms with Crippen molar-refractivity contribution in [1.29, 1.82) is 0 Å². The minimum absolute atomic E-state index is 0.267. The lowest BCUT2D eigenvalue weighted by Crippen LogP contribution is -2.33. The molecule has 0 aliphatic carbocycles. The zero-order valence-corrected chi connectivity index (χ0v) is 14.1. The van der Waals surface area contributed by atoms with Crippen LogP contribution in [0.4, 0.5) is 0 Å². The Balaban J connectivity index is 4.06. The largest absolute Gasteiger partial charge is 0.313 e. The van der Waals surface area contributed by atoms with E-state index in [4.69, 9.17) is 0 Å². The van der Waals surface area contributed by atoms with Gasteiger partial charge in [-0.25, -0.2) is 8.42 Å². The van der Waals surface area contributed by atoms with Crippen molar-refractivity contribution in [3.63, 3.8) is 0 Å². The third-order valence-corrected chi connectivity index (χ3v) is 4.93. The fourth-order valence-corrected chi connectivity index (χ4v) is 3.21. The first kappa shape index (κ1) is 18.3. The Morgan fingerprint density at radius 3 is 2.33 bits per heavy atom. The lowest BCUT2D eigenvalue weighted by atomic mass is 10.2. The first-order valence-corrected chi connectivity index (χ1v) is 9.74. The lowest BCUT2D eigenvalue weighted by molar-refractivity contribution is 0.511. The molecule has 1 unspecified atom stereocenters. The van der Waals surface area contributed by atoms with E-state index in [2.05, 4.69) is 33.0 Å². The van der Waals surface area contributed by atoms with Crippen LogP contribution < -0.4 is 5.32 Å². The van der Waals surface area contributed by atoms with Gasteiger partial charge in [-0.2, -0.15) is 11.8 Å². The SMILES string of the molecule is CCCNC(CCCS(C)(=O)=O)CSC(C)(C)C. The summed E-state index contributed by atoms with van der Waals surface area (Å²) < 4.78 is 22.5. The molecule has 5 heteroatoms. The van der Waals surface area contributed by atoms with E-state index >= 15 is 0 Å². The maximum absolute atomic E-state index is 11.1. The van der Waals surface area contributed by atoms with Gasteiger partial charge in [0.1, 0.15) is 9.84 Å². The van der Waals surface area contributed by atoms with E-state index in [1.165, 1.54) is 6.26 Å². The average Bonchev–Trinajstić information content (AvgIpc) is 2.18. The summed E-state index contributed by atoms with van der Waals surface area (Å²) >= 11 is 1.94. The summed E-state index contributed by atoms with van der Waals surface area (Å²) in [5.41, 5.74) is 0. The van der Waals surface area contributed by atoms with Crippen molar-refractivity contribution in [3.05, 3.63) is 0 Å². The van der Waals surface area contributed by atoms with Crippen molar-refractivity contribution in [1.82, 2.24) is 5.32 Å². The maximum atomic E-state index is 11.1. The van der Waals surface area contributed by atoms with E-state index < -0.39 is 9.84 Å². The molecule has 0 aliphatic rings. The van der Waals surface area contributed by atoms with Crippen molar-refractivity contribution in [3.8, 4) is 0 Å². The number of sulfone groups is 1. The highest BCUT2D eigenvalue weighted by atomic mass is 32.2. The summed E-state index contributed by atoms with van der Waals surface area (Å²) in [4.78, 5) is 0. The van der Waals surface area contributed by atoms with Crippen molar-refractivity contribution in [2.75, 3.05) is 24.3 Å². The Morgan fingerprint density at radius 2 is 1.89 bits per heavy atom. The van der Waals surface area contributed by atoms with Crippen LogP contribution >= 0.6 is 11.8 Å². The topological polar surface area (TPSA) is 46.2 Å². The first-order valence-electron chi connectivity index (χ1n) is 6.69. The summed E-state index contributed by atoms with van der Waals surface area (Å²) in [6.45, 7) is 9.80. The molecule has 1 atom stereocenters. The van der Waals surface area contributed by atoms with Crippen LogP contribution in [0.25, 0.3) is 0 Å². The summed E-state index contributed by atoms with van der Waals surface area (Å²) in [6, 6.07) is 0.427. The van der Waals surface area contributed by atoms with E-state index in [0.29, 0.717) is 11.8 Å². The standard InChI is InChI=1S/C13H29NO2S2/c1-6-9-14-12(11-17-13(2,3)4)8-7-10-18(5,15)16/h12,14H,6-11H2,1-5H3. The second-order valence-corrected chi connectivity index (χ2v) is 9.95. The van der Waals surface area contributed by atoms with E-state index in [0.717, 1.165) is 31.6 Å². The van der Waals surface area contributed by atoms with Crippen LogP contribution in [-0.2, 0) is 9.84 Å². The Morgan fingerprint density at radius 1 is 1.28 bits per heavy atom. The quantitative estimate of drug-likeness (QED) is 0.710. The molecule has 0 saturated heterocycles. The third-order valence-electron chi connectivity index (χ3n) is 2.47. The van der Waals surface area contributed by atoms with Gasteiger partial charge in [0.05, 0.1) is 0 Å². The zero-order valence-electron chi connectivity index (χ0n) is 12.5. The summed E-state index contributed by atoms with van der Waals surface area (Å²) in [5, 5.41) is 3.51. The second kappa shape index (κ2) is 8.43. The van der Waals surface area contributed by atoms with Crippen LogP contribution in [0.1, 0.15) is 47.0 Å². The van der Waals surface area contributed by atoms with Gasteiger partial charge in [0.25, 0.3) is 0 Å². The Hall–Kier alpha value is 0.260. The van der Waals surface area contributed by atoms with Gasteiger partial charge >= 0.3 is 0 Å². The van der Waals surface area contributed by atoms with Gasteiger partial charge in [0, 0.05) is 28.6 Å². The van der Waals surface area contributed by atoms with Crippen molar-refractivity contribution in [2.24, 2.45) is 0 Å². The van der Waals surface area contributed by atoms with Crippen molar-refractivity contribution >= 4 is 21.6 Å². The molecule has 0 fully saturated rings. The number of thioether (sulfide) groups is 1. The van der Waals surface area contributed by atoms with E-state index in [9.17, 15) is 8.42 Å². The second-order valence-electron chi connectivity index (χ2n) is 5.85. The minimum Gasteiger partial charge on any atom is -0.313 e. The van der Waals surface area contributed by atoms with Gasteiger partial charge in [-0.3, -0.25) is 0 Å². The summed E-state index contributed by atoms with van der Waals surface area (Å²) in [7, 11) is -2.82. The van der Waals surface area contributed by atoms with Crippen molar-refractivity contribution in [2.45, 2.75) is 57.7 Å². The molecule has 0 aliphatic heterocycles. The molecular weight excluding hydrogens is 266 g/mol. The molecule has 18 heavy (non-hydrogen) atoms. The Kier molecular flexibility index (Phi) is 8.56. The molecular formula is C13H29NO2S2. The predicted molar refractivity (Wildman–Crippen MR) is 83.2 cm³/mol. The molecule has 0 spiro atoms. The molecule has 110 valence electrons. The molecule has 0 aromatic heterocycles. The molecule has 0 heterocycles. The predicted octanol–water partition coefficient (Wildman–Crippen LogP) is 2.71. The number of hydrogen-bond donors (Lipinski definition) is 1. The lowest BCUT2D eigenvalue weighted by Gasteiger charge is -2.23. The molecule has 1 N–H and O–H groups in total. The minimum atomic E-state index is -2.82. The maximum Gasteiger partial charge on any atom is 0.147 e. The molecule has 0 rings (SSSR count). The Bertz CT molecular complexity index is 307. The fourth-order valence-electron chi connectivity index (χ4n) is 1.54.